The Morgan fingerprint density at radius 3 is 2.35 bits per heavy atom. The molecule has 2 heteroatoms. The summed E-state index contributed by atoms with van der Waals surface area (Å²) in [5.74, 6) is 0. The zero-order valence-electron chi connectivity index (χ0n) is 14.0. The summed E-state index contributed by atoms with van der Waals surface area (Å²) in [6, 6.07) is 17.7. The predicted molar refractivity (Wildman–Crippen MR) is 100 cm³/mol. The molecule has 1 aliphatic carbocycles. The maximum absolute atomic E-state index is 3.05. The first-order valence-electron chi connectivity index (χ1n) is 7.78. The van der Waals surface area contributed by atoms with Crippen LogP contribution in [0.4, 0.5) is 0 Å². The van der Waals surface area contributed by atoms with Crippen molar-refractivity contribution in [1.82, 2.24) is 0 Å². The SMILES string of the molecule is CC1=CC[C-]=C1.C[Si](C)c1cccc2c1[cH-]c1ccccc12.[Zr+2]. The van der Waals surface area contributed by atoms with Crippen molar-refractivity contribution in [2.24, 2.45) is 0 Å². The minimum atomic E-state index is -0.384. The standard InChI is InChI=1S/C15H14Si.C6H7.Zr/c1-16(2)15-9-5-8-13-12-7-4-3-6-11(12)10-14(13)15;1-6-4-2-3-5-6;/h3-10H,1-2H3;4-5H,2H2,1H3;/q2*-1;+2. The van der Waals surface area contributed by atoms with E-state index >= 15 is 0 Å². The summed E-state index contributed by atoms with van der Waals surface area (Å²) >= 11 is 0. The van der Waals surface area contributed by atoms with Crippen molar-refractivity contribution >= 4 is 35.5 Å². The third kappa shape index (κ3) is 4.05. The number of allylic oxidation sites excluding steroid dienone is 4. The van der Waals surface area contributed by atoms with Gasteiger partial charge in [-0.3, -0.25) is 6.08 Å². The van der Waals surface area contributed by atoms with Crippen molar-refractivity contribution in [1.29, 1.82) is 0 Å². The van der Waals surface area contributed by atoms with Crippen LogP contribution in [0, 0.1) is 6.08 Å². The summed E-state index contributed by atoms with van der Waals surface area (Å²) in [6.45, 7) is 6.80. The number of fused-ring (bicyclic) bond motifs is 3. The second-order valence-electron chi connectivity index (χ2n) is 6.00. The fourth-order valence-corrected chi connectivity index (χ4v) is 4.09. The topological polar surface area (TPSA) is 0 Å². The van der Waals surface area contributed by atoms with Gasteiger partial charge in [0.05, 0.1) is 0 Å². The Bertz CT molecular complexity index is 850. The Hall–Kier alpha value is -1.11. The molecule has 0 fully saturated rings. The number of hydrogen-bond donors (Lipinski definition) is 0. The summed E-state index contributed by atoms with van der Waals surface area (Å²) in [6.07, 6.45) is 8.24. The number of hydrogen-bond acceptors (Lipinski definition) is 0. The molecule has 113 valence electrons. The Kier molecular flexibility index (Phi) is 6.44. The van der Waals surface area contributed by atoms with Gasteiger partial charge in [0, 0.05) is 8.80 Å². The molecule has 23 heavy (non-hydrogen) atoms. The Balaban J connectivity index is 0.000000234. The Labute approximate surface area is 160 Å². The second-order valence-corrected chi connectivity index (χ2v) is 8.54. The van der Waals surface area contributed by atoms with Crippen LogP contribution in [-0.4, -0.2) is 8.80 Å². The van der Waals surface area contributed by atoms with Gasteiger partial charge in [0.2, 0.25) is 0 Å². The molecule has 0 atom stereocenters. The van der Waals surface area contributed by atoms with Crippen molar-refractivity contribution < 1.29 is 26.2 Å². The van der Waals surface area contributed by atoms with Gasteiger partial charge in [0.1, 0.15) is 0 Å². The smallest absolute Gasteiger partial charge is 0.273 e. The summed E-state index contributed by atoms with van der Waals surface area (Å²) in [4.78, 5) is 0. The van der Waals surface area contributed by atoms with Crippen molar-refractivity contribution in [3.05, 3.63) is 72.3 Å². The van der Waals surface area contributed by atoms with E-state index in [0.29, 0.717) is 0 Å². The molecular weight excluding hydrogens is 372 g/mol. The predicted octanol–water partition coefficient (Wildman–Crippen LogP) is 5.37. The molecule has 0 heterocycles. The third-order valence-electron chi connectivity index (χ3n) is 4.07. The monoisotopic (exact) mass is 391 g/mol. The van der Waals surface area contributed by atoms with E-state index in [1.165, 1.54) is 27.1 Å². The maximum Gasteiger partial charge on any atom is 2.00 e. The summed E-state index contributed by atoms with van der Waals surface area (Å²) in [7, 11) is -0.384. The van der Waals surface area contributed by atoms with E-state index in [-0.39, 0.29) is 35.0 Å². The van der Waals surface area contributed by atoms with Gasteiger partial charge in [-0.25, -0.2) is 11.6 Å². The fourth-order valence-electron chi connectivity index (χ4n) is 2.91. The van der Waals surface area contributed by atoms with Crippen molar-refractivity contribution in [3.63, 3.8) is 0 Å². The van der Waals surface area contributed by atoms with Gasteiger partial charge in [0.15, 0.2) is 0 Å². The molecule has 0 saturated carbocycles. The average molecular weight is 393 g/mol. The van der Waals surface area contributed by atoms with Crippen LogP contribution >= 0.6 is 0 Å². The zero-order chi connectivity index (χ0) is 15.5. The normalized spacial score (nSPS) is 13.0. The molecule has 0 bridgehead atoms. The van der Waals surface area contributed by atoms with E-state index in [1.54, 1.807) is 5.19 Å². The average Bonchev–Trinajstić information content (AvgIpc) is 3.13. The first-order valence-corrected chi connectivity index (χ1v) is 10.3. The molecule has 0 N–H and O–H groups in total. The maximum atomic E-state index is 3.05. The van der Waals surface area contributed by atoms with Crippen LogP contribution in [0.2, 0.25) is 13.1 Å². The van der Waals surface area contributed by atoms with Crippen LogP contribution < -0.4 is 5.19 Å². The van der Waals surface area contributed by atoms with Crippen LogP contribution in [-0.2, 0) is 26.2 Å². The minimum Gasteiger partial charge on any atom is -0.273 e. The van der Waals surface area contributed by atoms with E-state index in [0.717, 1.165) is 6.42 Å². The van der Waals surface area contributed by atoms with E-state index in [9.17, 15) is 0 Å². The van der Waals surface area contributed by atoms with Crippen LogP contribution in [0.15, 0.2) is 66.3 Å². The van der Waals surface area contributed by atoms with E-state index < -0.39 is 0 Å². The van der Waals surface area contributed by atoms with Crippen molar-refractivity contribution in [3.8, 4) is 0 Å². The van der Waals surface area contributed by atoms with Gasteiger partial charge in [-0.15, -0.1) is 52.2 Å². The Morgan fingerprint density at radius 2 is 1.74 bits per heavy atom. The molecule has 0 spiro atoms. The third-order valence-corrected chi connectivity index (χ3v) is 5.58. The van der Waals surface area contributed by atoms with E-state index in [4.69, 9.17) is 0 Å². The summed E-state index contributed by atoms with van der Waals surface area (Å²) in [5.41, 5.74) is 1.34. The molecule has 0 nitrogen and oxygen atoms in total. The van der Waals surface area contributed by atoms with Gasteiger partial charge in [0.25, 0.3) is 0 Å². The molecule has 3 aromatic rings. The molecular formula is C21H21SiZr. The van der Waals surface area contributed by atoms with Gasteiger partial charge in [-0.05, 0) is 0 Å². The molecule has 0 aromatic heterocycles. The minimum absolute atomic E-state index is 0. The molecule has 0 amide bonds. The van der Waals surface area contributed by atoms with Crippen LogP contribution in [0.5, 0.6) is 0 Å². The van der Waals surface area contributed by atoms with Gasteiger partial charge in [-0.1, -0.05) is 49.5 Å². The summed E-state index contributed by atoms with van der Waals surface area (Å²) in [5, 5.41) is 7.19. The zero-order valence-corrected chi connectivity index (χ0v) is 17.4. The number of benzene rings is 2. The molecule has 0 aliphatic heterocycles. The first kappa shape index (κ1) is 18.2. The molecule has 0 saturated heterocycles. The molecule has 3 aromatic carbocycles. The van der Waals surface area contributed by atoms with Gasteiger partial charge >= 0.3 is 26.2 Å². The van der Waals surface area contributed by atoms with Crippen LogP contribution in [0.1, 0.15) is 13.3 Å². The van der Waals surface area contributed by atoms with Crippen LogP contribution in [0.25, 0.3) is 21.5 Å². The van der Waals surface area contributed by atoms with E-state index in [2.05, 4.69) is 80.7 Å². The fraction of sp³-hybridized carbons (Fsp3) is 0.190. The molecule has 0 unspecified atom stereocenters. The number of rotatable bonds is 1. The largest absolute Gasteiger partial charge is 2.00 e. The quantitative estimate of drug-likeness (QED) is 0.386. The van der Waals surface area contributed by atoms with Crippen molar-refractivity contribution in [2.75, 3.05) is 0 Å². The van der Waals surface area contributed by atoms with Gasteiger partial charge in [-0.2, -0.15) is 6.08 Å². The molecule has 1 radical (unpaired) electrons. The molecule has 1 aliphatic rings. The molecule has 4 rings (SSSR count). The Morgan fingerprint density at radius 1 is 1.00 bits per heavy atom. The van der Waals surface area contributed by atoms with Gasteiger partial charge < -0.3 is 0 Å². The summed E-state index contributed by atoms with van der Waals surface area (Å²) < 4.78 is 0. The van der Waals surface area contributed by atoms with E-state index in [1.807, 2.05) is 6.08 Å². The first-order chi connectivity index (χ1) is 10.7. The second kappa shape index (κ2) is 8.13. The van der Waals surface area contributed by atoms with Crippen molar-refractivity contribution in [2.45, 2.75) is 26.4 Å². The van der Waals surface area contributed by atoms with Crippen LogP contribution in [0.3, 0.4) is 0 Å².